The number of aliphatic imine (C=N–C) groups is 1. The summed E-state index contributed by atoms with van der Waals surface area (Å²) in [7, 11) is 0. The minimum atomic E-state index is -4.47. The quantitative estimate of drug-likeness (QED) is 0.281. The molecule has 244 valence electrons. The zero-order chi connectivity index (χ0) is 33.3. The predicted octanol–water partition coefficient (Wildman–Crippen LogP) is 8.23. The third kappa shape index (κ3) is 8.38. The number of carboxylic acid groups (broad SMARTS) is 1. The summed E-state index contributed by atoms with van der Waals surface area (Å²) in [5.41, 5.74) is 0.0887. The van der Waals surface area contributed by atoms with Gasteiger partial charge in [-0.25, -0.2) is 0 Å². The van der Waals surface area contributed by atoms with Crippen LogP contribution in [0.1, 0.15) is 100 Å². The lowest BCUT2D eigenvalue weighted by Gasteiger charge is -2.47. The van der Waals surface area contributed by atoms with Gasteiger partial charge in [0.1, 0.15) is 11.4 Å². The van der Waals surface area contributed by atoms with Gasteiger partial charge in [0.25, 0.3) is 11.8 Å². The van der Waals surface area contributed by atoms with Crippen LogP contribution in [-0.4, -0.2) is 51.4 Å². The molecule has 0 saturated heterocycles. The lowest BCUT2D eigenvalue weighted by atomic mass is 9.69. The number of hydrogen-bond donors (Lipinski definition) is 2. The molecule has 0 bridgehead atoms. The second kappa shape index (κ2) is 13.3. The summed E-state index contributed by atoms with van der Waals surface area (Å²) in [4.78, 5) is 44.5. The van der Waals surface area contributed by atoms with Crippen molar-refractivity contribution in [3.05, 3.63) is 69.2 Å². The Bertz CT molecular complexity index is 1440. The third-order valence-electron chi connectivity index (χ3n) is 8.77. The Morgan fingerprint density at radius 2 is 1.64 bits per heavy atom. The van der Waals surface area contributed by atoms with Gasteiger partial charge in [0.2, 0.25) is 0 Å². The summed E-state index contributed by atoms with van der Waals surface area (Å²) in [5, 5.41) is 12.2. The molecule has 1 fully saturated rings. The summed E-state index contributed by atoms with van der Waals surface area (Å²) >= 11 is 12.5. The number of carboxylic acids is 1. The van der Waals surface area contributed by atoms with Crippen molar-refractivity contribution in [3.8, 4) is 0 Å². The van der Waals surface area contributed by atoms with Gasteiger partial charge >= 0.3 is 12.1 Å². The molecule has 1 heterocycles. The van der Waals surface area contributed by atoms with E-state index in [2.05, 4.69) is 26.1 Å². The number of carbonyl (C=O) groups is 3. The lowest BCUT2D eigenvalue weighted by Crippen LogP contribution is -2.51. The Kier molecular flexibility index (Phi) is 10.3. The number of carbonyl (C=O) groups excluding carboxylic acids is 2. The van der Waals surface area contributed by atoms with Crippen LogP contribution in [0.15, 0.2) is 47.5 Å². The smallest absolute Gasteiger partial charge is 0.389 e. The largest absolute Gasteiger partial charge is 0.481 e. The van der Waals surface area contributed by atoms with E-state index in [1.807, 2.05) is 0 Å². The van der Waals surface area contributed by atoms with E-state index in [-0.39, 0.29) is 23.1 Å². The third-order valence-corrected chi connectivity index (χ3v) is 9.20. The Hall–Kier alpha value is -3.11. The van der Waals surface area contributed by atoms with Crippen molar-refractivity contribution in [1.82, 2.24) is 10.2 Å². The molecule has 2 atom stereocenters. The molecule has 1 unspecified atom stereocenters. The van der Waals surface area contributed by atoms with Crippen molar-refractivity contribution in [2.24, 2.45) is 16.3 Å². The molecular formula is C33H38Cl2F3N3O4. The highest BCUT2D eigenvalue weighted by molar-refractivity contribution is 6.47. The van der Waals surface area contributed by atoms with Crippen molar-refractivity contribution >= 4 is 46.7 Å². The van der Waals surface area contributed by atoms with Crippen molar-refractivity contribution in [1.29, 1.82) is 0 Å². The van der Waals surface area contributed by atoms with Gasteiger partial charge < -0.3 is 15.3 Å². The fourth-order valence-electron chi connectivity index (χ4n) is 6.44. The molecule has 2 N–H and O–H groups in total. The zero-order valence-electron chi connectivity index (χ0n) is 25.7. The fraction of sp³-hybridized carbons (Fsp3) is 0.515. The Morgan fingerprint density at radius 3 is 2.16 bits per heavy atom. The summed E-state index contributed by atoms with van der Waals surface area (Å²) in [6, 6.07) is 9.10. The van der Waals surface area contributed by atoms with Gasteiger partial charge in [-0.2, -0.15) is 13.2 Å². The van der Waals surface area contributed by atoms with E-state index in [9.17, 15) is 27.6 Å². The molecule has 1 spiro atoms. The first kappa shape index (κ1) is 34.8. The molecule has 0 aromatic heterocycles. The number of halogens is 5. The van der Waals surface area contributed by atoms with E-state index in [1.165, 1.54) is 23.1 Å². The molecule has 2 aromatic rings. The minimum Gasteiger partial charge on any atom is -0.481 e. The van der Waals surface area contributed by atoms with Crippen LogP contribution in [0.5, 0.6) is 0 Å². The topological polar surface area (TPSA) is 99.1 Å². The van der Waals surface area contributed by atoms with Crippen LogP contribution in [-0.2, 0) is 9.59 Å². The molecule has 2 aliphatic rings. The monoisotopic (exact) mass is 667 g/mol. The van der Waals surface area contributed by atoms with Gasteiger partial charge in [0, 0.05) is 33.6 Å². The maximum absolute atomic E-state index is 14.3. The standard InChI is InChI=1S/C33H38Cl2F3N3O4/c1-19(15-27(42)43)39-29(44)21-7-5-20(6-8-21)26(11-14-33(36,37)38)41-30(45)28(22-16-24(34)18-25(35)17-22)40-32(41)12-9-23(10-13-32)31(2,3)4/h5-8,16-19,23,26H,9-15H2,1-4H3,(H,39,44)(H,42,43)/t19-,23?,26?,32?/m0/s1. The molecule has 12 heteroatoms. The molecule has 0 radical (unpaired) electrons. The van der Waals surface area contributed by atoms with Gasteiger partial charge in [-0.3, -0.25) is 19.4 Å². The molecule has 1 aliphatic carbocycles. The van der Waals surface area contributed by atoms with E-state index in [0.717, 1.165) is 12.8 Å². The van der Waals surface area contributed by atoms with Gasteiger partial charge in [-0.05, 0) is 86.3 Å². The first-order valence-electron chi connectivity index (χ1n) is 15.0. The van der Waals surface area contributed by atoms with E-state index >= 15 is 0 Å². The van der Waals surface area contributed by atoms with Crippen LogP contribution in [0.4, 0.5) is 13.2 Å². The second-order valence-corrected chi connectivity index (χ2v) is 14.1. The number of nitrogens with zero attached hydrogens (tertiary/aromatic N) is 2. The van der Waals surface area contributed by atoms with E-state index in [0.29, 0.717) is 39.9 Å². The van der Waals surface area contributed by atoms with E-state index < -0.39 is 54.5 Å². The first-order valence-corrected chi connectivity index (χ1v) is 15.7. The number of aliphatic carboxylic acids is 1. The number of hydrogen-bond acceptors (Lipinski definition) is 4. The predicted molar refractivity (Wildman–Crippen MR) is 168 cm³/mol. The van der Waals surface area contributed by atoms with Gasteiger partial charge in [-0.15, -0.1) is 0 Å². The minimum absolute atomic E-state index is 0.0101. The maximum atomic E-state index is 14.3. The molecule has 2 aromatic carbocycles. The molecule has 4 rings (SSSR count). The van der Waals surface area contributed by atoms with Crippen molar-refractivity contribution in [2.45, 2.75) is 96.6 Å². The van der Waals surface area contributed by atoms with Crippen LogP contribution in [0.2, 0.25) is 10.0 Å². The maximum Gasteiger partial charge on any atom is 0.389 e. The van der Waals surface area contributed by atoms with Crippen LogP contribution in [0.25, 0.3) is 0 Å². The zero-order valence-corrected chi connectivity index (χ0v) is 27.2. The van der Waals surface area contributed by atoms with Crippen LogP contribution in [0, 0.1) is 11.3 Å². The number of alkyl halides is 3. The van der Waals surface area contributed by atoms with Crippen molar-refractivity contribution < 1.29 is 32.7 Å². The van der Waals surface area contributed by atoms with Gasteiger partial charge in [0.15, 0.2) is 0 Å². The summed E-state index contributed by atoms with van der Waals surface area (Å²) < 4.78 is 41.1. The summed E-state index contributed by atoms with van der Waals surface area (Å²) in [5.74, 6) is -1.73. The van der Waals surface area contributed by atoms with E-state index in [4.69, 9.17) is 33.3 Å². The SMILES string of the molecule is C[C@@H](CC(=O)O)NC(=O)c1ccc(C(CCC(F)(F)F)N2C(=O)C(c3cc(Cl)cc(Cl)c3)=NC23CCC(C(C)(C)C)CC3)cc1. The highest BCUT2D eigenvalue weighted by Crippen LogP contribution is 2.50. The molecule has 7 nitrogen and oxygen atoms in total. The highest BCUT2D eigenvalue weighted by Gasteiger charge is 2.53. The van der Waals surface area contributed by atoms with Gasteiger partial charge in [0.05, 0.1) is 12.5 Å². The average Bonchev–Trinajstić information content (AvgIpc) is 3.18. The normalized spacial score (nSPS) is 21.9. The number of rotatable bonds is 9. The van der Waals surface area contributed by atoms with Crippen LogP contribution in [0.3, 0.4) is 0 Å². The Morgan fingerprint density at radius 1 is 1.07 bits per heavy atom. The second-order valence-electron chi connectivity index (χ2n) is 13.2. The molecule has 2 amide bonds. The average molecular weight is 669 g/mol. The fourth-order valence-corrected chi connectivity index (χ4v) is 6.97. The summed E-state index contributed by atoms with van der Waals surface area (Å²) in [6.45, 7) is 8.03. The van der Waals surface area contributed by atoms with Crippen LogP contribution >= 0.6 is 23.2 Å². The summed E-state index contributed by atoms with van der Waals surface area (Å²) in [6.07, 6.45) is -3.84. The number of benzene rings is 2. The molecule has 1 saturated carbocycles. The molecular weight excluding hydrogens is 630 g/mol. The molecule has 45 heavy (non-hydrogen) atoms. The van der Waals surface area contributed by atoms with Crippen molar-refractivity contribution in [2.75, 3.05) is 0 Å². The van der Waals surface area contributed by atoms with Crippen molar-refractivity contribution in [3.63, 3.8) is 0 Å². The Balaban J connectivity index is 1.75. The number of nitrogens with one attached hydrogen (secondary N) is 1. The van der Waals surface area contributed by atoms with E-state index in [1.54, 1.807) is 31.2 Å². The molecule has 1 aliphatic heterocycles. The highest BCUT2D eigenvalue weighted by atomic mass is 35.5. The number of amides is 2. The first-order chi connectivity index (χ1) is 20.9. The lowest BCUT2D eigenvalue weighted by molar-refractivity contribution is -0.147. The van der Waals surface area contributed by atoms with Crippen LogP contribution < -0.4 is 5.32 Å². The Labute approximate surface area is 271 Å². The van der Waals surface area contributed by atoms with Gasteiger partial charge in [-0.1, -0.05) is 56.1 Å².